The quantitative estimate of drug-likeness (QED) is 0.266. The van der Waals surface area contributed by atoms with Crippen LogP contribution in [0, 0.1) is 0 Å². The Morgan fingerprint density at radius 1 is 1.26 bits per heavy atom. The van der Waals surface area contributed by atoms with Crippen molar-refractivity contribution in [1.29, 1.82) is 0 Å². The first-order chi connectivity index (χ1) is 14.9. The van der Waals surface area contributed by atoms with Gasteiger partial charge in [0.15, 0.2) is 17.7 Å². The van der Waals surface area contributed by atoms with E-state index in [-0.39, 0.29) is 18.0 Å². The number of anilines is 1. The van der Waals surface area contributed by atoms with Gasteiger partial charge in [-0.3, -0.25) is 9.36 Å². The lowest BCUT2D eigenvalue weighted by atomic mass is 10.0. The van der Waals surface area contributed by atoms with Gasteiger partial charge in [0.05, 0.1) is 25.0 Å². The van der Waals surface area contributed by atoms with E-state index in [1.165, 1.54) is 29.4 Å². The minimum absolute atomic E-state index is 0.115. The summed E-state index contributed by atoms with van der Waals surface area (Å²) in [7, 11) is 0. The number of hydrogen-bond acceptors (Lipinski definition) is 10. The van der Waals surface area contributed by atoms with E-state index in [1.54, 1.807) is 12.1 Å². The van der Waals surface area contributed by atoms with Crippen molar-refractivity contribution >= 4 is 22.9 Å². The van der Waals surface area contributed by atoms with Crippen LogP contribution in [-0.4, -0.2) is 71.6 Å². The number of aromatic hydroxyl groups is 1. The molecule has 0 spiro atoms. The number of imidazole rings is 1. The molecule has 31 heavy (non-hydrogen) atoms. The summed E-state index contributed by atoms with van der Waals surface area (Å²) in [6.07, 6.45) is -0.154. The van der Waals surface area contributed by atoms with Crippen molar-refractivity contribution in [2.24, 2.45) is 5.73 Å². The molecule has 8 N–H and O–H groups in total. The predicted molar refractivity (Wildman–Crippen MR) is 108 cm³/mol. The molecule has 0 aliphatic carbocycles. The van der Waals surface area contributed by atoms with Crippen LogP contribution >= 0.6 is 0 Å². The maximum absolute atomic E-state index is 12.6. The third-order valence-electron chi connectivity index (χ3n) is 5.25. The minimum atomic E-state index is -1.21. The molecule has 5 atom stereocenters. The fraction of sp³-hybridized carbons (Fsp3) is 0.368. The van der Waals surface area contributed by atoms with Crippen LogP contribution in [0.25, 0.3) is 11.2 Å². The van der Waals surface area contributed by atoms with Crippen LogP contribution in [0.15, 0.2) is 36.9 Å². The summed E-state index contributed by atoms with van der Waals surface area (Å²) >= 11 is 0. The third kappa shape index (κ3) is 4.01. The van der Waals surface area contributed by atoms with Crippen LogP contribution in [0.5, 0.6) is 5.75 Å². The van der Waals surface area contributed by atoms with E-state index in [0.717, 1.165) is 5.56 Å². The van der Waals surface area contributed by atoms with Crippen molar-refractivity contribution < 1.29 is 24.9 Å². The number of aliphatic hydroxyl groups excluding tert-OH is 2. The summed E-state index contributed by atoms with van der Waals surface area (Å²) in [6, 6.07) is 4.53. The molecule has 1 aliphatic heterocycles. The number of carbonyl (C=O) groups excluding carboxylic acids is 1. The molecule has 164 valence electrons. The Morgan fingerprint density at radius 3 is 2.71 bits per heavy atom. The molecular formula is C19H23N7O5. The van der Waals surface area contributed by atoms with Gasteiger partial charge in [0, 0.05) is 0 Å². The average Bonchev–Trinajstić information content (AvgIpc) is 3.32. The first-order valence-electron chi connectivity index (χ1n) is 9.60. The number of fused-ring (bicyclic) bond motifs is 1. The Labute approximate surface area is 176 Å². The molecule has 0 radical (unpaired) electrons. The second-order valence-electron chi connectivity index (χ2n) is 7.33. The molecule has 1 aliphatic rings. The number of rotatable bonds is 6. The van der Waals surface area contributed by atoms with Gasteiger partial charge >= 0.3 is 0 Å². The van der Waals surface area contributed by atoms with Crippen LogP contribution in [0.4, 0.5) is 5.82 Å². The number of nitrogens with one attached hydrogen (secondary N) is 1. The Morgan fingerprint density at radius 2 is 2.00 bits per heavy atom. The molecule has 3 aromatic rings. The highest BCUT2D eigenvalue weighted by Gasteiger charge is 2.46. The molecule has 12 heteroatoms. The van der Waals surface area contributed by atoms with Crippen molar-refractivity contribution in [3.05, 3.63) is 42.5 Å². The topological polar surface area (TPSA) is 195 Å². The zero-order chi connectivity index (χ0) is 22.1. The molecule has 5 unspecified atom stereocenters. The number of nitrogen functional groups attached to an aromatic ring is 1. The largest absolute Gasteiger partial charge is 0.508 e. The number of aromatic nitrogens is 4. The summed E-state index contributed by atoms with van der Waals surface area (Å²) < 4.78 is 7.25. The molecule has 0 saturated carbocycles. The van der Waals surface area contributed by atoms with E-state index < -0.39 is 43.0 Å². The van der Waals surface area contributed by atoms with Gasteiger partial charge in [-0.2, -0.15) is 0 Å². The number of hydrogen-bond donors (Lipinski definition) is 6. The van der Waals surface area contributed by atoms with Gasteiger partial charge in [-0.15, -0.1) is 0 Å². The van der Waals surface area contributed by atoms with Gasteiger partial charge in [0.25, 0.3) is 0 Å². The molecule has 1 amide bonds. The first-order valence-corrected chi connectivity index (χ1v) is 9.60. The first kappa shape index (κ1) is 20.9. The lowest BCUT2D eigenvalue weighted by Crippen LogP contribution is -2.53. The fourth-order valence-corrected chi connectivity index (χ4v) is 3.61. The van der Waals surface area contributed by atoms with Gasteiger partial charge < -0.3 is 36.8 Å². The Hall–Kier alpha value is -3.32. The molecule has 0 bridgehead atoms. The van der Waals surface area contributed by atoms with Gasteiger partial charge in [-0.05, 0) is 24.1 Å². The smallest absolute Gasteiger partial charge is 0.237 e. The van der Waals surface area contributed by atoms with Crippen LogP contribution in [0.1, 0.15) is 11.8 Å². The lowest BCUT2D eigenvalue weighted by molar-refractivity contribution is -0.124. The van der Waals surface area contributed by atoms with E-state index in [1.807, 2.05) is 0 Å². The third-order valence-corrected chi connectivity index (χ3v) is 5.25. The van der Waals surface area contributed by atoms with Crippen LogP contribution in [0.2, 0.25) is 0 Å². The highest BCUT2D eigenvalue weighted by molar-refractivity contribution is 5.82. The number of aliphatic hydroxyl groups is 2. The lowest BCUT2D eigenvalue weighted by Gasteiger charge is -2.23. The van der Waals surface area contributed by atoms with Gasteiger partial charge in [-0.1, -0.05) is 12.1 Å². The molecule has 1 aromatic carbocycles. The van der Waals surface area contributed by atoms with Crippen molar-refractivity contribution in [1.82, 2.24) is 24.8 Å². The molecule has 1 saturated heterocycles. The summed E-state index contributed by atoms with van der Waals surface area (Å²) in [6.45, 7) is -0.435. The maximum Gasteiger partial charge on any atom is 0.237 e. The summed E-state index contributed by atoms with van der Waals surface area (Å²) in [4.78, 5) is 24.8. The Bertz CT molecular complexity index is 1070. The molecule has 3 heterocycles. The summed E-state index contributed by atoms with van der Waals surface area (Å²) in [5.74, 6) is -0.217. The Kier molecular flexibility index (Phi) is 5.69. The highest BCUT2D eigenvalue weighted by Crippen LogP contribution is 2.32. The number of phenols is 1. The predicted octanol–water partition coefficient (Wildman–Crippen LogP) is -1.58. The highest BCUT2D eigenvalue weighted by atomic mass is 16.5. The number of nitrogens with two attached hydrogens (primary N) is 2. The molecule has 1 fully saturated rings. The van der Waals surface area contributed by atoms with E-state index in [4.69, 9.17) is 16.2 Å². The Balaban J connectivity index is 1.49. The van der Waals surface area contributed by atoms with Gasteiger partial charge in [-0.25, -0.2) is 15.0 Å². The molecular weight excluding hydrogens is 406 g/mol. The van der Waals surface area contributed by atoms with Crippen molar-refractivity contribution in [2.45, 2.75) is 36.9 Å². The zero-order valence-electron chi connectivity index (χ0n) is 16.4. The van der Waals surface area contributed by atoms with Crippen LogP contribution in [0.3, 0.4) is 0 Å². The normalized spacial score (nSPS) is 24.4. The minimum Gasteiger partial charge on any atom is -0.508 e. The van der Waals surface area contributed by atoms with Crippen LogP contribution < -0.4 is 16.8 Å². The molecule has 2 aromatic heterocycles. The van der Waals surface area contributed by atoms with Crippen LogP contribution in [-0.2, 0) is 16.0 Å². The van der Waals surface area contributed by atoms with E-state index >= 15 is 0 Å². The number of nitrogens with zero attached hydrogens (tertiary/aromatic N) is 4. The number of phenolic OH excluding ortho intramolecular Hbond substituents is 1. The maximum atomic E-state index is 12.6. The number of amides is 1. The van der Waals surface area contributed by atoms with Crippen molar-refractivity contribution in [2.75, 3.05) is 12.3 Å². The zero-order valence-corrected chi connectivity index (χ0v) is 16.4. The second kappa shape index (κ2) is 8.43. The molecule has 4 rings (SSSR count). The summed E-state index contributed by atoms with van der Waals surface area (Å²) in [5.41, 5.74) is 13.3. The number of ether oxygens (including phenoxy) is 1. The van der Waals surface area contributed by atoms with Crippen molar-refractivity contribution in [3.8, 4) is 5.75 Å². The van der Waals surface area contributed by atoms with E-state index in [9.17, 15) is 20.1 Å². The van der Waals surface area contributed by atoms with Gasteiger partial charge in [0.2, 0.25) is 5.91 Å². The number of benzene rings is 1. The van der Waals surface area contributed by atoms with Gasteiger partial charge in [0.1, 0.15) is 29.8 Å². The second-order valence-corrected chi connectivity index (χ2v) is 7.33. The number of carbonyl (C=O) groups is 1. The SMILES string of the molecule is Nc1ncnc2c1ncn2C1OC(CO)C(NC(=O)C(N)Cc2ccc(O)cc2)C1O. The standard InChI is InChI=1S/C19H23N7O5/c20-11(5-9-1-3-10(28)4-2-9)18(30)25-13-12(6-27)31-19(15(13)29)26-8-24-14-16(21)22-7-23-17(14)26/h1-4,7-8,11-13,15,19,27-29H,5-6,20H2,(H,25,30)(H2,21,22,23). The summed E-state index contributed by atoms with van der Waals surface area (Å²) in [5, 5.41) is 32.6. The van der Waals surface area contributed by atoms with E-state index in [2.05, 4.69) is 20.3 Å². The van der Waals surface area contributed by atoms with E-state index in [0.29, 0.717) is 11.2 Å². The van der Waals surface area contributed by atoms with Crippen molar-refractivity contribution in [3.63, 3.8) is 0 Å². The average molecular weight is 429 g/mol. The molecule has 12 nitrogen and oxygen atoms in total. The fourth-order valence-electron chi connectivity index (χ4n) is 3.61. The monoisotopic (exact) mass is 429 g/mol.